The van der Waals surface area contributed by atoms with Crippen LogP contribution < -0.4 is 10.1 Å². The van der Waals surface area contributed by atoms with Crippen molar-refractivity contribution in [2.24, 2.45) is 0 Å². The number of ether oxygens (including phenoxy) is 1. The van der Waals surface area contributed by atoms with Crippen LogP contribution in [0.15, 0.2) is 118 Å². The predicted octanol–water partition coefficient (Wildman–Crippen LogP) is 7.95. The summed E-state index contributed by atoms with van der Waals surface area (Å²) in [6, 6.07) is 34.0. The summed E-state index contributed by atoms with van der Waals surface area (Å²) in [6.45, 7) is 4.34. The molecule has 0 aliphatic rings. The van der Waals surface area contributed by atoms with Crippen molar-refractivity contribution in [1.82, 2.24) is 14.8 Å². The number of carbonyl (C=O) groups is 1. The lowest BCUT2D eigenvalue weighted by Gasteiger charge is -2.17. The first kappa shape index (κ1) is 27.6. The Bertz CT molecular complexity index is 1580. The van der Waals surface area contributed by atoms with Crippen LogP contribution in [0.4, 0.5) is 5.69 Å². The van der Waals surface area contributed by atoms with E-state index in [0.717, 1.165) is 32.5 Å². The average Bonchev–Trinajstić information content (AvgIpc) is 3.41. The lowest BCUT2D eigenvalue weighted by atomic mass is 10.0. The summed E-state index contributed by atoms with van der Waals surface area (Å²) in [7, 11) is 1.65. The van der Waals surface area contributed by atoms with E-state index in [2.05, 4.69) is 53.6 Å². The zero-order valence-electron chi connectivity index (χ0n) is 22.6. The summed E-state index contributed by atoms with van der Waals surface area (Å²) in [5.41, 5.74) is 3.87. The Morgan fingerprint density at radius 1 is 0.875 bits per heavy atom. The van der Waals surface area contributed by atoms with E-state index in [-0.39, 0.29) is 11.7 Å². The molecule has 0 bridgehead atoms. The Hall–Kier alpha value is -4.01. The zero-order chi connectivity index (χ0) is 27.9. The first-order valence-corrected chi connectivity index (χ1v) is 14.8. The van der Waals surface area contributed by atoms with E-state index in [9.17, 15) is 4.79 Å². The topological polar surface area (TPSA) is 69.0 Å². The van der Waals surface area contributed by atoms with Gasteiger partial charge in [-0.2, -0.15) is 0 Å². The highest BCUT2D eigenvalue weighted by Gasteiger charge is 2.20. The molecule has 0 aliphatic carbocycles. The third-order valence-corrected chi connectivity index (χ3v) is 8.26. The Morgan fingerprint density at radius 3 is 2.33 bits per heavy atom. The van der Waals surface area contributed by atoms with Crippen molar-refractivity contribution in [3.63, 3.8) is 0 Å². The van der Waals surface area contributed by atoms with E-state index >= 15 is 0 Å². The fourth-order valence-corrected chi connectivity index (χ4v) is 5.95. The number of nitrogens with one attached hydrogen (secondary N) is 1. The summed E-state index contributed by atoms with van der Waals surface area (Å²) in [5.74, 6) is 1.86. The monoisotopic (exact) mass is 566 g/mol. The van der Waals surface area contributed by atoms with Crippen molar-refractivity contribution < 1.29 is 9.53 Å². The second-order valence-electron chi connectivity index (χ2n) is 9.33. The maximum Gasteiger partial charge on any atom is 0.234 e. The number of hydrogen-bond donors (Lipinski definition) is 1. The molecule has 5 aromatic rings. The number of hydrogen-bond acceptors (Lipinski definition) is 6. The summed E-state index contributed by atoms with van der Waals surface area (Å²) in [4.78, 5) is 15.2. The van der Waals surface area contributed by atoms with Crippen LogP contribution in [0.3, 0.4) is 0 Å². The molecule has 40 heavy (non-hydrogen) atoms. The number of nitrogens with zero attached hydrogens (tertiary/aromatic N) is 3. The van der Waals surface area contributed by atoms with Gasteiger partial charge in [0, 0.05) is 15.4 Å². The SMILES string of the molecule is COc1ccc(-c2nnc(SCC(=O)Nc3ccccc3Sc3ccccc3)n2-c2ccccc2C(C)C)cc1. The molecule has 0 saturated carbocycles. The highest BCUT2D eigenvalue weighted by Crippen LogP contribution is 2.35. The van der Waals surface area contributed by atoms with Crippen molar-refractivity contribution in [3.8, 4) is 22.8 Å². The third kappa shape index (κ3) is 6.41. The van der Waals surface area contributed by atoms with Crippen LogP contribution >= 0.6 is 23.5 Å². The van der Waals surface area contributed by atoms with E-state index in [1.54, 1.807) is 18.9 Å². The van der Waals surface area contributed by atoms with E-state index in [1.165, 1.54) is 17.3 Å². The molecule has 0 saturated heterocycles. The lowest BCUT2D eigenvalue weighted by molar-refractivity contribution is -0.113. The van der Waals surface area contributed by atoms with Crippen LogP contribution in [0.25, 0.3) is 17.1 Å². The smallest absolute Gasteiger partial charge is 0.234 e. The summed E-state index contributed by atoms with van der Waals surface area (Å²) in [5, 5.41) is 12.8. The highest BCUT2D eigenvalue weighted by atomic mass is 32.2. The fraction of sp³-hybridized carbons (Fsp3) is 0.156. The minimum absolute atomic E-state index is 0.108. The molecule has 202 valence electrons. The lowest BCUT2D eigenvalue weighted by Crippen LogP contribution is -2.15. The molecule has 0 aliphatic heterocycles. The number of para-hydroxylation sites is 2. The minimum atomic E-state index is -0.108. The standard InChI is InChI=1S/C32H30N4O2S2/c1-22(2)26-13-7-9-15-28(26)36-31(23-17-19-24(38-3)20-18-23)34-35-32(36)39-21-30(37)33-27-14-8-10-16-29(27)40-25-11-5-4-6-12-25/h4-20,22H,21H2,1-3H3,(H,33,37). The molecule has 0 spiro atoms. The molecule has 4 aromatic carbocycles. The van der Waals surface area contributed by atoms with E-state index in [1.807, 2.05) is 83.4 Å². The average molecular weight is 567 g/mol. The molecule has 1 heterocycles. The second-order valence-corrected chi connectivity index (χ2v) is 11.4. The molecule has 5 rings (SSSR count). The van der Waals surface area contributed by atoms with E-state index in [0.29, 0.717) is 16.9 Å². The quantitative estimate of drug-likeness (QED) is 0.173. The number of thioether (sulfide) groups is 1. The van der Waals surface area contributed by atoms with Crippen molar-refractivity contribution in [3.05, 3.63) is 109 Å². The second kappa shape index (κ2) is 12.9. The number of carbonyl (C=O) groups excluding carboxylic acids is 1. The number of aromatic nitrogens is 3. The van der Waals surface area contributed by atoms with Gasteiger partial charge in [-0.15, -0.1) is 10.2 Å². The maximum absolute atomic E-state index is 13.1. The van der Waals surface area contributed by atoms with Gasteiger partial charge < -0.3 is 10.1 Å². The number of methoxy groups -OCH3 is 1. The minimum Gasteiger partial charge on any atom is -0.497 e. The van der Waals surface area contributed by atoms with Gasteiger partial charge in [0.05, 0.1) is 24.2 Å². The number of rotatable bonds is 10. The highest BCUT2D eigenvalue weighted by molar-refractivity contribution is 8.00. The Balaban J connectivity index is 1.40. The first-order valence-electron chi connectivity index (χ1n) is 13.0. The van der Waals surface area contributed by atoms with Crippen LogP contribution in [-0.4, -0.2) is 33.5 Å². The number of anilines is 1. The van der Waals surface area contributed by atoms with Gasteiger partial charge in [0.1, 0.15) is 5.75 Å². The molecule has 1 aromatic heterocycles. The third-order valence-electron chi connectivity index (χ3n) is 6.25. The van der Waals surface area contributed by atoms with Crippen LogP contribution in [0.1, 0.15) is 25.3 Å². The molecule has 0 fully saturated rings. The molecule has 0 unspecified atom stereocenters. The van der Waals surface area contributed by atoms with Crippen LogP contribution in [0.5, 0.6) is 5.75 Å². The molecule has 1 amide bonds. The van der Waals surface area contributed by atoms with Gasteiger partial charge in [-0.25, -0.2) is 0 Å². The van der Waals surface area contributed by atoms with Gasteiger partial charge in [0.15, 0.2) is 11.0 Å². The Kier molecular flexibility index (Phi) is 8.88. The molecule has 1 N–H and O–H groups in total. The molecule has 0 atom stereocenters. The molecule has 0 radical (unpaired) electrons. The van der Waals surface area contributed by atoms with Crippen molar-refractivity contribution in [1.29, 1.82) is 0 Å². The van der Waals surface area contributed by atoms with Gasteiger partial charge in [-0.1, -0.05) is 85.9 Å². The summed E-state index contributed by atoms with van der Waals surface area (Å²) >= 11 is 2.99. The van der Waals surface area contributed by atoms with E-state index < -0.39 is 0 Å². The summed E-state index contributed by atoms with van der Waals surface area (Å²) in [6.07, 6.45) is 0. The first-order chi connectivity index (χ1) is 19.5. The van der Waals surface area contributed by atoms with Gasteiger partial charge in [-0.05, 0) is 66.1 Å². The Morgan fingerprint density at radius 2 is 1.57 bits per heavy atom. The van der Waals surface area contributed by atoms with Crippen molar-refractivity contribution >= 4 is 35.1 Å². The van der Waals surface area contributed by atoms with Crippen LogP contribution in [-0.2, 0) is 4.79 Å². The number of amides is 1. The van der Waals surface area contributed by atoms with Gasteiger partial charge in [0.2, 0.25) is 5.91 Å². The van der Waals surface area contributed by atoms with Gasteiger partial charge in [0.25, 0.3) is 0 Å². The normalized spacial score (nSPS) is 11.0. The zero-order valence-corrected chi connectivity index (χ0v) is 24.2. The molecule has 6 nitrogen and oxygen atoms in total. The van der Waals surface area contributed by atoms with Gasteiger partial charge >= 0.3 is 0 Å². The summed E-state index contributed by atoms with van der Waals surface area (Å²) < 4.78 is 7.39. The fourth-order valence-electron chi connectivity index (χ4n) is 4.28. The van der Waals surface area contributed by atoms with E-state index in [4.69, 9.17) is 4.74 Å². The largest absolute Gasteiger partial charge is 0.497 e. The molecule has 8 heteroatoms. The van der Waals surface area contributed by atoms with Crippen molar-refractivity contribution in [2.45, 2.75) is 34.7 Å². The molecular weight excluding hydrogens is 537 g/mol. The van der Waals surface area contributed by atoms with Crippen LogP contribution in [0, 0.1) is 0 Å². The predicted molar refractivity (Wildman–Crippen MR) is 164 cm³/mol. The number of benzene rings is 4. The van der Waals surface area contributed by atoms with Crippen LogP contribution in [0.2, 0.25) is 0 Å². The van der Waals surface area contributed by atoms with Gasteiger partial charge in [-0.3, -0.25) is 9.36 Å². The van der Waals surface area contributed by atoms with Crippen molar-refractivity contribution in [2.75, 3.05) is 18.2 Å². The maximum atomic E-state index is 13.1. The molecular formula is C32H30N4O2S2. The Labute approximate surface area is 243 Å².